The molecule has 5 nitrogen and oxygen atoms in total. The Morgan fingerprint density at radius 1 is 1.08 bits per heavy atom. The summed E-state index contributed by atoms with van der Waals surface area (Å²) in [6, 6.07) is 16.1. The Morgan fingerprint density at radius 2 is 1.88 bits per heavy atom. The van der Waals surface area contributed by atoms with Gasteiger partial charge in [0.15, 0.2) is 0 Å². The van der Waals surface area contributed by atoms with Crippen LogP contribution in [0, 0.1) is 0 Å². The molecule has 0 radical (unpaired) electrons. The summed E-state index contributed by atoms with van der Waals surface area (Å²) in [6.45, 7) is 1.62. The summed E-state index contributed by atoms with van der Waals surface area (Å²) < 4.78 is 33.1. The van der Waals surface area contributed by atoms with Crippen LogP contribution >= 0.6 is 12.4 Å². The van der Waals surface area contributed by atoms with Gasteiger partial charge in [0.05, 0.1) is 10.4 Å². The SMILES string of the molecule is Cl.O=S(=O)(c1ccccc1)n1ccc2c(OC[C@@H]3CCCN3)cccc21. The number of ether oxygens (including phenoxy) is 1. The number of aromatic nitrogens is 1. The van der Waals surface area contributed by atoms with Crippen molar-refractivity contribution >= 4 is 33.3 Å². The van der Waals surface area contributed by atoms with Gasteiger partial charge in [-0.1, -0.05) is 24.3 Å². The molecule has 0 saturated carbocycles. The Bertz CT molecular complexity index is 980. The van der Waals surface area contributed by atoms with Gasteiger partial charge in [-0.3, -0.25) is 0 Å². The summed E-state index contributed by atoms with van der Waals surface area (Å²) in [4.78, 5) is 0.272. The number of nitrogens with zero attached hydrogens (tertiary/aromatic N) is 1. The lowest BCUT2D eigenvalue weighted by Crippen LogP contribution is -2.28. The molecule has 0 spiro atoms. The molecule has 2 aromatic carbocycles. The molecular weight excluding hydrogens is 372 g/mol. The van der Waals surface area contributed by atoms with Crippen LogP contribution in [-0.2, 0) is 10.0 Å². The van der Waals surface area contributed by atoms with E-state index in [2.05, 4.69) is 5.32 Å². The number of fused-ring (bicyclic) bond motifs is 1. The van der Waals surface area contributed by atoms with Crippen molar-refractivity contribution in [1.29, 1.82) is 0 Å². The topological polar surface area (TPSA) is 60.3 Å². The number of rotatable bonds is 5. The first kappa shape index (κ1) is 18.8. The largest absolute Gasteiger partial charge is 0.491 e. The number of hydrogen-bond donors (Lipinski definition) is 1. The highest BCUT2D eigenvalue weighted by molar-refractivity contribution is 7.90. The van der Waals surface area contributed by atoms with Crippen LogP contribution in [0.1, 0.15) is 12.8 Å². The van der Waals surface area contributed by atoms with E-state index >= 15 is 0 Å². The van der Waals surface area contributed by atoms with Crippen LogP contribution in [0.25, 0.3) is 10.9 Å². The van der Waals surface area contributed by atoms with Crippen molar-refractivity contribution in [1.82, 2.24) is 9.29 Å². The van der Waals surface area contributed by atoms with Crippen LogP contribution in [0.3, 0.4) is 0 Å². The fraction of sp³-hybridized carbons (Fsp3) is 0.263. The first-order valence-electron chi connectivity index (χ1n) is 8.43. The second-order valence-corrected chi connectivity index (χ2v) is 8.04. The van der Waals surface area contributed by atoms with E-state index in [1.807, 2.05) is 12.1 Å². The van der Waals surface area contributed by atoms with Crippen LogP contribution in [0.2, 0.25) is 0 Å². The Kier molecular flexibility index (Phi) is 5.55. The molecule has 1 aromatic heterocycles. The van der Waals surface area contributed by atoms with E-state index in [9.17, 15) is 8.42 Å². The normalized spacial score (nSPS) is 17.2. The Labute approximate surface area is 159 Å². The van der Waals surface area contributed by atoms with E-state index < -0.39 is 10.0 Å². The van der Waals surface area contributed by atoms with Crippen LogP contribution in [0.5, 0.6) is 5.75 Å². The number of benzene rings is 2. The average Bonchev–Trinajstić information content (AvgIpc) is 3.30. The van der Waals surface area contributed by atoms with Gasteiger partial charge in [-0.15, -0.1) is 12.4 Å². The zero-order valence-electron chi connectivity index (χ0n) is 14.2. The fourth-order valence-corrected chi connectivity index (χ4v) is 4.61. The third-order valence-corrected chi connectivity index (χ3v) is 6.26. The van der Waals surface area contributed by atoms with Gasteiger partial charge in [0.1, 0.15) is 12.4 Å². The minimum atomic E-state index is -3.62. The molecule has 138 valence electrons. The molecular formula is C19H21ClN2O3S. The second-order valence-electron chi connectivity index (χ2n) is 6.22. The molecule has 0 amide bonds. The van der Waals surface area contributed by atoms with Gasteiger partial charge < -0.3 is 10.1 Å². The van der Waals surface area contributed by atoms with Crippen LogP contribution < -0.4 is 10.1 Å². The quantitative estimate of drug-likeness (QED) is 0.722. The lowest BCUT2D eigenvalue weighted by Gasteiger charge is -2.13. The van der Waals surface area contributed by atoms with Crippen molar-refractivity contribution in [3.63, 3.8) is 0 Å². The lowest BCUT2D eigenvalue weighted by molar-refractivity contribution is 0.280. The third-order valence-electron chi connectivity index (χ3n) is 4.56. The highest BCUT2D eigenvalue weighted by Gasteiger charge is 2.20. The molecule has 2 heterocycles. The average molecular weight is 393 g/mol. The second kappa shape index (κ2) is 7.70. The van der Waals surface area contributed by atoms with Crippen molar-refractivity contribution in [3.8, 4) is 5.75 Å². The maximum Gasteiger partial charge on any atom is 0.268 e. The predicted octanol–water partition coefficient (Wildman–Crippen LogP) is 3.43. The molecule has 3 aromatic rings. The van der Waals surface area contributed by atoms with Crippen molar-refractivity contribution in [2.45, 2.75) is 23.8 Å². The molecule has 1 aliphatic heterocycles. The molecule has 26 heavy (non-hydrogen) atoms. The van der Waals surface area contributed by atoms with E-state index in [0.717, 1.165) is 18.4 Å². The first-order valence-corrected chi connectivity index (χ1v) is 9.87. The summed E-state index contributed by atoms with van der Waals surface area (Å²) in [7, 11) is -3.62. The zero-order chi connectivity index (χ0) is 17.3. The van der Waals surface area contributed by atoms with Gasteiger partial charge in [0.25, 0.3) is 10.0 Å². The van der Waals surface area contributed by atoms with E-state index in [-0.39, 0.29) is 17.3 Å². The van der Waals surface area contributed by atoms with Crippen LogP contribution in [0.15, 0.2) is 65.7 Å². The van der Waals surface area contributed by atoms with E-state index in [1.54, 1.807) is 48.7 Å². The molecule has 4 rings (SSSR count). The maximum absolute atomic E-state index is 12.9. The van der Waals surface area contributed by atoms with Crippen LogP contribution in [-0.4, -0.2) is 31.6 Å². The molecule has 0 unspecified atom stereocenters. The summed E-state index contributed by atoms with van der Waals surface area (Å²) in [5.41, 5.74) is 0.626. The summed E-state index contributed by atoms with van der Waals surface area (Å²) in [6.07, 6.45) is 3.87. The van der Waals surface area contributed by atoms with Crippen LogP contribution in [0.4, 0.5) is 0 Å². The van der Waals surface area contributed by atoms with E-state index in [4.69, 9.17) is 4.74 Å². The minimum Gasteiger partial charge on any atom is -0.491 e. The standard InChI is InChI=1S/C19H20N2O3S.ClH/c22-25(23,16-7-2-1-3-8-16)21-13-11-17-18(21)9-4-10-19(17)24-14-15-6-5-12-20-15;/h1-4,7-11,13,15,20H,5-6,12,14H2;1H/t15-;/m0./s1. The van der Waals surface area contributed by atoms with Gasteiger partial charge in [-0.25, -0.2) is 12.4 Å². The van der Waals surface area contributed by atoms with Crippen molar-refractivity contribution in [2.24, 2.45) is 0 Å². The number of halogens is 1. The lowest BCUT2D eigenvalue weighted by atomic mass is 10.2. The Balaban J connectivity index is 0.00000196. The number of nitrogens with one attached hydrogen (secondary N) is 1. The van der Waals surface area contributed by atoms with Crippen molar-refractivity contribution in [2.75, 3.05) is 13.2 Å². The predicted molar refractivity (Wildman–Crippen MR) is 105 cm³/mol. The highest BCUT2D eigenvalue weighted by atomic mass is 35.5. The highest BCUT2D eigenvalue weighted by Crippen LogP contribution is 2.29. The molecule has 1 fully saturated rings. The third kappa shape index (κ3) is 3.45. The van der Waals surface area contributed by atoms with Gasteiger partial charge in [-0.05, 0) is 49.7 Å². The fourth-order valence-electron chi connectivity index (χ4n) is 3.25. The van der Waals surface area contributed by atoms with Crippen molar-refractivity contribution in [3.05, 3.63) is 60.8 Å². The maximum atomic E-state index is 12.9. The van der Waals surface area contributed by atoms with E-state index in [0.29, 0.717) is 23.9 Å². The Hall–Kier alpha value is -2.02. The summed E-state index contributed by atoms with van der Waals surface area (Å²) >= 11 is 0. The molecule has 7 heteroatoms. The van der Waals surface area contributed by atoms with Gasteiger partial charge in [0, 0.05) is 17.6 Å². The molecule has 1 N–H and O–H groups in total. The van der Waals surface area contributed by atoms with Gasteiger partial charge in [-0.2, -0.15) is 0 Å². The molecule has 1 saturated heterocycles. The molecule has 0 bridgehead atoms. The Morgan fingerprint density at radius 3 is 2.62 bits per heavy atom. The van der Waals surface area contributed by atoms with Gasteiger partial charge >= 0.3 is 0 Å². The minimum absolute atomic E-state index is 0. The van der Waals surface area contributed by atoms with Gasteiger partial charge in [0.2, 0.25) is 0 Å². The summed E-state index contributed by atoms with van der Waals surface area (Å²) in [5.74, 6) is 0.716. The zero-order valence-corrected chi connectivity index (χ0v) is 15.8. The smallest absolute Gasteiger partial charge is 0.268 e. The summed E-state index contributed by atoms with van der Waals surface area (Å²) in [5, 5.41) is 4.21. The monoisotopic (exact) mass is 392 g/mol. The molecule has 1 aliphatic rings. The van der Waals surface area contributed by atoms with E-state index in [1.165, 1.54) is 10.4 Å². The molecule has 0 aliphatic carbocycles. The first-order chi connectivity index (χ1) is 12.2. The molecule has 1 atom stereocenters. The van der Waals surface area contributed by atoms with Crippen molar-refractivity contribution < 1.29 is 13.2 Å². The number of hydrogen-bond acceptors (Lipinski definition) is 4.